The Morgan fingerprint density at radius 3 is 2.10 bits per heavy atom. The summed E-state index contributed by atoms with van der Waals surface area (Å²) in [5, 5.41) is 0. The third kappa shape index (κ3) is 2.79. The van der Waals surface area contributed by atoms with Gasteiger partial charge in [0.15, 0.2) is 0 Å². The quantitative estimate of drug-likeness (QED) is 0.746. The lowest BCUT2D eigenvalue weighted by atomic mass is 9.95. The highest BCUT2D eigenvalue weighted by molar-refractivity contribution is 6.05. The molecule has 0 heterocycles. The maximum absolute atomic E-state index is 12.5. The lowest BCUT2D eigenvalue weighted by Crippen LogP contribution is -2.32. The maximum atomic E-state index is 12.5. The molecule has 2 heteroatoms. The van der Waals surface area contributed by atoms with Crippen molar-refractivity contribution < 1.29 is 9.53 Å². The highest BCUT2D eigenvalue weighted by Crippen LogP contribution is 2.51. The SMILES string of the molecule is CC(C)C(OC(=O)[C@@]1(C)C=C1c1ccccc1)C(C)C. The zero-order chi connectivity index (χ0) is 14.9. The summed E-state index contributed by atoms with van der Waals surface area (Å²) in [5.74, 6) is 0.548. The van der Waals surface area contributed by atoms with Crippen LogP contribution in [-0.4, -0.2) is 12.1 Å². The molecule has 2 rings (SSSR count). The number of ether oxygens (including phenoxy) is 1. The second kappa shape index (κ2) is 5.43. The average Bonchev–Trinajstić information content (AvgIpc) is 3.10. The van der Waals surface area contributed by atoms with E-state index < -0.39 is 5.41 Å². The third-order valence-corrected chi connectivity index (χ3v) is 3.98. The van der Waals surface area contributed by atoms with Crippen molar-refractivity contribution >= 4 is 11.5 Å². The fourth-order valence-corrected chi connectivity index (χ4v) is 2.71. The molecule has 0 amide bonds. The second-order valence-corrected chi connectivity index (χ2v) is 6.48. The van der Waals surface area contributed by atoms with Gasteiger partial charge in [0, 0.05) is 0 Å². The average molecular weight is 272 g/mol. The Morgan fingerprint density at radius 2 is 1.60 bits per heavy atom. The van der Waals surface area contributed by atoms with Crippen molar-refractivity contribution in [2.24, 2.45) is 17.3 Å². The Morgan fingerprint density at radius 1 is 1.05 bits per heavy atom. The second-order valence-electron chi connectivity index (χ2n) is 6.48. The van der Waals surface area contributed by atoms with Gasteiger partial charge in [-0.3, -0.25) is 4.79 Å². The van der Waals surface area contributed by atoms with E-state index in [2.05, 4.69) is 27.7 Å². The Hall–Kier alpha value is -1.57. The number of hydrogen-bond acceptors (Lipinski definition) is 2. The lowest BCUT2D eigenvalue weighted by molar-refractivity contribution is -0.158. The van der Waals surface area contributed by atoms with Gasteiger partial charge in [-0.2, -0.15) is 0 Å². The molecule has 1 atom stereocenters. The molecule has 0 bridgehead atoms. The smallest absolute Gasteiger partial charge is 0.320 e. The Bertz CT molecular complexity index is 505. The predicted molar refractivity (Wildman–Crippen MR) is 82.1 cm³/mol. The molecule has 0 unspecified atom stereocenters. The van der Waals surface area contributed by atoms with Crippen LogP contribution >= 0.6 is 0 Å². The van der Waals surface area contributed by atoms with E-state index in [1.54, 1.807) is 0 Å². The molecule has 20 heavy (non-hydrogen) atoms. The molecular weight excluding hydrogens is 248 g/mol. The zero-order valence-corrected chi connectivity index (χ0v) is 13.0. The minimum absolute atomic E-state index is 0.0228. The summed E-state index contributed by atoms with van der Waals surface area (Å²) in [7, 11) is 0. The van der Waals surface area contributed by atoms with Crippen molar-refractivity contribution in [2.75, 3.05) is 0 Å². The monoisotopic (exact) mass is 272 g/mol. The van der Waals surface area contributed by atoms with E-state index >= 15 is 0 Å². The van der Waals surface area contributed by atoms with Crippen molar-refractivity contribution in [1.82, 2.24) is 0 Å². The molecule has 0 aromatic heterocycles. The van der Waals surface area contributed by atoms with E-state index in [-0.39, 0.29) is 12.1 Å². The first-order valence-corrected chi connectivity index (χ1v) is 7.36. The van der Waals surface area contributed by atoms with E-state index in [0.717, 1.165) is 11.1 Å². The van der Waals surface area contributed by atoms with E-state index in [1.807, 2.05) is 43.3 Å². The Kier molecular flexibility index (Phi) is 4.03. The summed E-state index contributed by atoms with van der Waals surface area (Å²) < 4.78 is 5.76. The third-order valence-electron chi connectivity index (χ3n) is 3.98. The van der Waals surface area contributed by atoms with Gasteiger partial charge >= 0.3 is 5.97 Å². The van der Waals surface area contributed by atoms with Crippen LogP contribution in [0.25, 0.3) is 5.57 Å². The summed E-state index contributed by atoms with van der Waals surface area (Å²) >= 11 is 0. The number of esters is 1. The van der Waals surface area contributed by atoms with Crippen LogP contribution in [0.2, 0.25) is 0 Å². The number of benzene rings is 1. The standard InChI is InChI=1S/C18H24O2/c1-12(2)16(13(3)4)20-17(19)18(5)11-15(18)14-9-7-6-8-10-14/h6-13,16H,1-5H3/t18-/m0/s1. The summed E-state index contributed by atoms with van der Waals surface area (Å²) in [6.45, 7) is 10.3. The number of rotatable bonds is 5. The fourth-order valence-electron chi connectivity index (χ4n) is 2.71. The highest BCUT2D eigenvalue weighted by Gasteiger charge is 2.49. The molecule has 0 saturated carbocycles. The molecular formula is C18H24O2. The molecule has 0 spiro atoms. The van der Waals surface area contributed by atoms with Crippen LogP contribution in [0.1, 0.15) is 40.2 Å². The summed E-state index contributed by atoms with van der Waals surface area (Å²) in [4.78, 5) is 12.5. The topological polar surface area (TPSA) is 26.3 Å². The Balaban J connectivity index is 2.05. The van der Waals surface area contributed by atoms with E-state index in [0.29, 0.717) is 11.8 Å². The van der Waals surface area contributed by atoms with Crippen molar-refractivity contribution in [2.45, 2.75) is 40.7 Å². The van der Waals surface area contributed by atoms with Crippen LogP contribution in [0.15, 0.2) is 36.4 Å². The normalized spacial score (nSPS) is 21.3. The predicted octanol–water partition coefficient (Wildman–Crippen LogP) is 4.31. The maximum Gasteiger partial charge on any atom is 0.320 e. The van der Waals surface area contributed by atoms with Gasteiger partial charge in [0.25, 0.3) is 0 Å². The van der Waals surface area contributed by atoms with Crippen LogP contribution in [0, 0.1) is 17.3 Å². The molecule has 1 aromatic carbocycles. The van der Waals surface area contributed by atoms with E-state index in [1.165, 1.54) is 0 Å². The van der Waals surface area contributed by atoms with Crippen molar-refractivity contribution in [1.29, 1.82) is 0 Å². The molecule has 0 radical (unpaired) electrons. The van der Waals surface area contributed by atoms with E-state index in [4.69, 9.17) is 4.74 Å². The molecule has 0 fully saturated rings. The number of carbonyl (C=O) groups excluding carboxylic acids is 1. The largest absolute Gasteiger partial charge is 0.461 e. The van der Waals surface area contributed by atoms with Gasteiger partial charge < -0.3 is 4.74 Å². The van der Waals surface area contributed by atoms with Gasteiger partial charge in [0.1, 0.15) is 11.5 Å². The van der Waals surface area contributed by atoms with Gasteiger partial charge in [-0.05, 0) is 29.9 Å². The van der Waals surface area contributed by atoms with Crippen molar-refractivity contribution in [3.63, 3.8) is 0 Å². The zero-order valence-electron chi connectivity index (χ0n) is 13.0. The summed E-state index contributed by atoms with van der Waals surface area (Å²) in [6, 6.07) is 10.0. The van der Waals surface area contributed by atoms with Crippen molar-refractivity contribution in [3.05, 3.63) is 42.0 Å². The molecule has 1 aromatic rings. The fraction of sp³-hybridized carbons (Fsp3) is 0.500. The van der Waals surface area contributed by atoms with Gasteiger partial charge in [-0.15, -0.1) is 0 Å². The van der Waals surface area contributed by atoms with Gasteiger partial charge in [-0.25, -0.2) is 0 Å². The van der Waals surface area contributed by atoms with Crippen LogP contribution in [-0.2, 0) is 9.53 Å². The highest BCUT2D eigenvalue weighted by atomic mass is 16.5. The molecule has 0 aliphatic heterocycles. The van der Waals surface area contributed by atoms with Crippen LogP contribution in [0.3, 0.4) is 0 Å². The first-order chi connectivity index (χ1) is 9.36. The van der Waals surface area contributed by atoms with Crippen LogP contribution in [0.5, 0.6) is 0 Å². The number of hydrogen-bond donors (Lipinski definition) is 0. The van der Waals surface area contributed by atoms with Crippen LogP contribution in [0.4, 0.5) is 0 Å². The summed E-state index contributed by atoms with van der Waals surface area (Å²) in [5.41, 5.74) is 1.65. The summed E-state index contributed by atoms with van der Waals surface area (Å²) in [6.07, 6.45) is 1.98. The van der Waals surface area contributed by atoms with Gasteiger partial charge in [0.2, 0.25) is 0 Å². The molecule has 1 aliphatic carbocycles. The molecule has 0 saturated heterocycles. The molecule has 1 aliphatic rings. The minimum Gasteiger partial charge on any atom is -0.461 e. The molecule has 2 nitrogen and oxygen atoms in total. The minimum atomic E-state index is -0.538. The van der Waals surface area contributed by atoms with Crippen LogP contribution < -0.4 is 0 Å². The van der Waals surface area contributed by atoms with E-state index in [9.17, 15) is 4.79 Å². The molecule has 108 valence electrons. The van der Waals surface area contributed by atoms with Gasteiger partial charge in [0.05, 0.1) is 0 Å². The molecule has 0 N–H and O–H groups in total. The lowest BCUT2D eigenvalue weighted by Gasteiger charge is -2.27. The van der Waals surface area contributed by atoms with Crippen molar-refractivity contribution in [3.8, 4) is 0 Å². The first kappa shape index (κ1) is 14.8. The first-order valence-electron chi connectivity index (χ1n) is 7.36. The van der Waals surface area contributed by atoms with Gasteiger partial charge in [-0.1, -0.05) is 64.1 Å². The Labute approximate surface area is 121 Å². The number of carbonyl (C=O) groups is 1.